The molecule has 0 bridgehead atoms. The minimum atomic E-state index is -0.744. The third kappa shape index (κ3) is 5.82. The van der Waals surface area contributed by atoms with Crippen LogP contribution in [0.2, 0.25) is 0 Å². The highest BCUT2D eigenvalue weighted by atomic mass is 16.5. The molecule has 1 aliphatic carbocycles. The molecular formula is C37H33NO4. The van der Waals surface area contributed by atoms with E-state index in [-0.39, 0.29) is 18.3 Å². The maximum Gasteiger partial charge on any atom is 0.315 e. The van der Waals surface area contributed by atoms with E-state index in [1.165, 1.54) is 0 Å². The second kappa shape index (κ2) is 12.4. The fourth-order valence-electron chi connectivity index (χ4n) is 6.08. The van der Waals surface area contributed by atoms with Crippen LogP contribution in [0.5, 0.6) is 5.75 Å². The molecule has 4 aromatic rings. The molecule has 0 N–H and O–H groups in total. The Hall–Kier alpha value is -4.77. The Morgan fingerprint density at radius 3 is 2.05 bits per heavy atom. The van der Waals surface area contributed by atoms with Crippen LogP contribution in [-0.2, 0) is 27.5 Å². The molecular weight excluding hydrogens is 522 g/mol. The van der Waals surface area contributed by atoms with Gasteiger partial charge in [0.05, 0.1) is 0 Å². The molecule has 0 saturated heterocycles. The molecule has 1 heterocycles. The third-order valence-electron chi connectivity index (χ3n) is 8.13. The lowest BCUT2D eigenvalue weighted by Gasteiger charge is -2.37. The van der Waals surface area contributed by atoms with Crippen LogP contribution in [0.1, 0.15) is 53.9 Å². The molecule has 5 nitrogen and oxygen atoms in total. The lowest BCUT2D eigenvalue weighted by Crippen LogP contribution is -2.38. The molecule has 1 aliphatic heterocycles. The van der Waals surface area contributed by atoms with Gasteiger partial charge in [-0.2, -0.15) is 0 Å². The predicted molar refractivity (Wildman–Crippen MR) is 163 cm³/mol. The van der Waals surface area contributed by atoms with E-state index in [0.29, 0.717) is 36.5 Å². The molecule has 6 rings (SSSR count). The smallest absolute Gasteiger partial charge is 0.315 e. The number of carbonyl (C=O) groups is 2. The van der Waals surface area contributed by atoms with Crippen LogP contribution in [0.15, 0.2) is 132 Å². The van der Waals surface area contributed by atoms with E-state index in [0.717, 1.165) is 28.0 Å². The molecule has 0 aromatic heterocycles. The molecule has 1 unspecified atom stereocenters. The van der Waals surface area contributed by atoms with Gasteiger partial charge in [0, 0.05) is 34.9 Å². The maximum absolute atomic E-state index is 14.0. The Balaban J connectivity index is 1.38. The first-order chi connectivity index (χ1) is 20.6. The van der Waals surface area contributed by atoms with Gasteiger partial charge in [-0.3, -0.25) is 14.6 Å². The van der Waals surface area contributed by atoms with E-state index in [1.54, 1.807) is 0 Å². The summed E-state index contributed by atoms with van der Waals surface area (Å²) in [7, 11) is 0. The fourth-order valence-corrected chi connectivity index (χ4v) is 6.08. The third-order valence-corrected chi connectivity index (χ3v) is 8.13. The van der Waals surface area contributed by atoms with Gasteiger partial charge in [0.2, 0.25) is 0 Å². The van der Waals surface area contributed by atoms with Crippen molar-refractivity contribution >= 4 is 17.5 Å². The van der Waals surface area contributed by atoms with Crippen molar-refractivity contribution in [3.05, 3.63) is 149 Å². The van der Waals surface area contributed by atoms with Gasteiger partial charge in [0.1, 0.15) is 24.9 Å². The van der Waals surface area contributed by atoms with E-state index in [9.17, 15) is 9.59 Å². The van der Waals surface area contributed by atoms with Gasteiger partial charge in [-0.05, 0) is 42.0 Å². The van der Waals surface area contributed by atoms with Crippen molar-refractivity contribution in [2.75, 3.05) is 0 Å². The second-order valence-corrected chi connectivity index (χ2v) is 10.9. The van der Waals surface area contributed by atoms with Gasteiger partial charge in [0.15, 0.2) is 5.78 Å². The summed E-state index contributed by atoms with van der Waals surface area (Å²) in [6, 6.07) is 37.4. The summed E-state index contributed by atoms with van der Waals surface area (Å²) in [5.74, 6) is -0.992. The average molecular weight is 556 g/mol. The number of esters is 1. The molecule has 0 fully saturated rings. The predicted octanol–water partition coefficient (Wildman–Crippen LogP) is 7.58. The number of para-hydroxylation sites is 1. The summed E-state index contributed by atoms with van der Waals surface area (Å²) in [5.41, 5.74) is 5.86. The highest BCUT2D eigenvalue weighted by molar-refractivity contribution is 6.09. The van der Waals surface area contributed by atoms with Crippen molar-refractivity contribution in [3.63, 3.8) is 0 Å². The first kappa shape index (κ1) is 27.4. The molecule has 210 valence electrons. The molecule has 0 saturated carbocycles. The fraction of sp³-hybridized carbons (Fsp3) is 0.216. The number of allylic oxidation sites excluding steroid dienone is 2. The molecule has 2 aliphatic rings. The van der Waals surface area contributed by atoms with E-state index in [1.807, 2.05) is 110 Å². The van der Waals surface area contributed by atoms with Gasteiger partial charge in [-0.1, -0.05) is 109 Å². The van der Waals surface area contributed by atoms with Crippen LogP contribution in [0, 0.1) is 5.92 Å². The topological polar surface area (TPSA) is 65.0 Å². The average Bonchev–Trinajstić information content (AvgIpc) is 3.03. The van der Waals surface area contributed by atoms with E-state index >= 15 is 0 Å². The lowest BCUT2D eigenvalue weighted by molar-refractivity contribution is -0.148. The Labute approximate surface area is 246 Å². The van der Waals surface area contributed by atoms with Crippen LogP contribution in [0.25, 0.3) is 0 Å². The first-order valence-electron chi connectivity index (χ1n) is 14.4. The lowest BCUT2D eigenvalue weighted by atomic mass is 9.69. The number of hydrogen-bond donors (Lipinski definition) is 0. The van der Waals surface area contributed by atoms with Crippen molar-refractivity contribution in [1.29, 1.82) is 0 Å². The van der Waals surface area contributed by atoms with Crippen molar-refractivity contribution in [2.45, 2.75) is 44.8 Å². The largest absolute Gasteiger partial charge is 0.489 e. The van der Waals surface area contributed by atoms with Gasteiger partial charge in [0.25, 0.3) is 0 Å². The Morgan fingerprint density at radius 1 is 0.762 bits per heavy atom. The highest BCUT2D eigenvalue weighted by Gasteiger charge is 2.45. The van der Waals surface area contributed by atoms with Gasteiger partial charge < -0.3 is 9.47 Å². The summed E-state index contributed by atoms with van der Waals surface area (Å²) >= 11 is 0. The number of ketones is 1. The number of benzene rings is 4. The minimum Gasteiger partial charge on any atom is -0.489 e. The molecule has 0 radical (unpaired) electrons. The van der Waals surface area contributed by atoms with Gasteiger partial charge in [-0.25, -0.2) is 0 Å². The zero-order valence-corrected chi connectivity index (χ0v) is 23.6. The molecule has 42 heavy (non-hydrogen) atoms. The monoisotopic (exact) mass is 555 g/mol. The van der Waals surface area contributed by atoms with Crippen LogP contribution in [0.4, 0.5) is 0 Å². The van der Waals surface area contributed by atoms with E-state index in [4.69, 9.17) is 14.5 Å². The number of nitrogens with zero attached hydrogens (tertiary/aromatic N) is 1. The number of rotatable bonds is 8. The quantitative estimate of drug-likeness (QED) is 0.210. The first-order valence-corrected chi connectivity index (χ1v) is 14.4. The van der Waals surface area contributed by atoms with Crippen LogP contribution in [0.3, 0.4) is 0 Å². The number of hydrogen-bond acceptors (Lipinski definition) is 5. The zero-order valence-electron chi connectivity index (χ0n) is 23.6. The summed E-state index contributed by atoms with van der Waals surface area (Å²) in [5, 5.41) is 0. The van der Waals surface area contributed by atoms with Crippen molar-refractivity contribution < 1.29 is 19.1 Å². The number of carbonyl (C=O) groups excluding carboxylic acids is 2. The second-order valence-electron chi connectivity index (χ2n) is 10.9. The molecule has 3 atom stereocenters. The zero-order chi connectivity index (χ0) is 28.9. The van der Waals surface area contributed by atoms with Crippen molar-refractivity contribution in [3.8, 4) is 5.75 Å². The summed E-state index contributed by atoms with van der Waals surface area (Å²) < 4.78 is 12.2. The van der Waals surface area contributed by atoms with Crippen LogP contribution >= 0.6 is 0 Å². The summed E-state index contributed by atoms with van der Waals surface area (Å²) in [4.78, 5) is 32.8. The molecule has 4 aromatic carbocycles. The standard InChI is InChI=1S/C37H33NO4/c1-25-34(37(40)42-24-27-15-7-3-8-16-27)35(30-19-11-12-20-33(30)41-23-26-13-5-2-6-14-26)36-31(38-25)21-29(22-32(36)39)28-17-9-4-10-18-28/h2-20,29,34-35H,21-24H2,1H3/t29-,34?,35+/m1/s1. The SMILES string of the molecule is CC1=NC2=C(C(=O)C[C@H](c3ccccc3)C2)[C@@H](c2ccccc2OCc2ccccc2)C1C(=O)OCc1ccccc1. The van der Waals surface area contributed by atoms with Gasteiger partial charge >= 0.3 is 5.97 Å². The normalized spacial score (nSPS) is 20.0. The van der Waals surface area contributed by atoms with E-state index < -0.39 is 17.8 Å². The Kier molecular flexibility index (Phi) is 8.09. The number of aliphatic imine (C=N–C) groups is 1. The van der Waals surface area contributed by atoms with Crippen LogP contribution in [-0.4, -0.2) is 17.5 Å². The summed E-state index contributed by atoms with van der Waals surface area (Å²) in [6.07, 6.45) is 1.00. The van der Waals surface area contributed by atoms with Crippen molar-refractivity contribution in [1.82, 2.24) is 0 Å². The number of ether oxygens (including phenoxy) is 2. The maximum atomic E-state index is 14.0. The van der Waals surface area contributed by atoms with Gasteiger partial charge in [-0.15, -0.1) is 0 Å². The Bertz CT molecular complexity index is 1630. The highest BCUT2D eigenvalue weighted by Crippen LogP contribution is 2.48. The Morgan fingerprint density at radius 2 is 1.36 bits per heavy atom. The molecule has 5 heteroatoms. The van der Waals surface area contributed by atoms with Crippen molar-refractivity contribution in [2.24, 2.45) is 10.9 Å². The molecule has 0 spiro atoms. The minimum absolute atomic E-state index is 0.0186. The summed E-state index contributed by atoms with van der Waals surface area (Å²) in [6.45, 7) is 2.39. The molecule has 0 amide bonds. The van der Waals surface area contributed by atoms with E-state index in [2.05, 4.69) is 12.1 Å². The van der Waals surface area contributed by atoms with Crippen LogP contribution < -0.4 is 4.74 Å². The number of Topliss-reactive ketones (excluding diaryl/α,β-unsaturated/α-hetero) is 1.